The minimum Gasteiger partial charge on any atom is -0.376 e. The van der Waals surface area contributed by atoms with E-state index in [1.165, 1.54) is 19.2 Å². The van der Waals surface area contributed by atoms with E-state index < -0.39 is 15.6 Å². The van der Waals surface area contributed by atoms with E-state index in [0.29, 0.717) is 4.88 Å². The minimum absolute atomic E-state index is 0.0489. The maximum absolute atomic E-state index is 12.0. The van der Waals surface area contributed by atoms with Crippen LogP contribution >= 0.6 is 11.3 Å². The summed E-state index contributed by atoms with van der Waals surface area (Å²) in [4.78, 5) is 11.9. The quantitative estimate of drug-likeness (QED) is 0.837. The molecule has 0 spiro atoms. The predicted molar refractivity (Wildman–Crippen MR) is 70.6 cm³/mol. The zero-order valence-electron chi connectivity index (χ0n) is 10.8. The van der Waals surface area contributed by atoms with E-state index in [9.17, 15) is 13.2 Å². The SMILES string of the molecule is COCC(=O)c1ccc(S(=O)(=O)NC(C)(C)C)s1. The first-order chi connectivity index (χ1) is 8.15. The fourth-order valence-corrected chi connectivity index (χ4v) is 3.92. The molecule has 0 fully saturated rings. The van der Waals surface area contributed by atoms with Crippen LogP contribution in [0.1, 0.15) is 30.4 Å². The molecule has 1 aromatic rings. The number of nitrogens with one attached hydrogen (secondary N) is 1. The van der Waals surface area contributed by atoms with Gasteiger partial charge in [0.2, 0.25) is 0 Å². The van der Waals surface area contributed by atoms with E-state index in [1.807, 2.05) is 0 Å². The first-order valence-corrected chi connectivity index (χ1v) is 7.61. The van der Waals surface area contributed by atoms with Gasteiger partial charge in [0.25, 0.3) is 10.0 Å². The highest BCUT2D eigenvalue weighted by Gasteiger charge is 2.24. The summed E-state index contributed by atoms with van der Waals surface area (Å²) >= 11 is 0.949. The van der Waals surface area contributed by atoms with Crippen molar-refractivity contribution in [2.24, 2.45) is 0 Å². The molecule has 0 saturated heterocycles. The maximum atomic E-state index is 12.0. The summed E-state index contributed by atoms with van der Waals surface area (Å²) < 4.78 is 31.4. The number of carbonyl (C=O) groups excluding carboxylic acids is 1. The Morgan fingerprint density at radius 3 is 2.50 bits per heavy atom. The lowest BCUT2D eigenvalue weighted by molar-refractivity contribution is 0.0852. The zero-order chi connectivity index (χ0) is 14.0. The van der Waals surface area contributed by atoms with Gasteiger partial charge in [-0.2, -0.15) is 0 Å². The molecule has 0 atom stereocenters. The molecule has 0 amide bonds. The van der Waals surface area contributed by atoms with Gasteiger partial charge in [-0.05, 0) is 32.9 Å². The van der Waals surface area contributed by atoms with Crippen LogP contribution in [0.15, 0.2) is 16.3 Å². The van der Waals surface area contributed by atoms with Crippen LogP contribution < -0.4 is 4.72 Å². The van der Waals surface area contributed by atoms with Gasteiger partial charge >= 0.3 is 0 Å². The van der Waals surface area contributed by atoms with E-state index in [-0.39, 0.29) is 16.6 Å². The monoisotopic (exact) mass is 291 g/mol. The molecule has 0 radical (unpaired) electrons. The largest absolute Gasteiger partial charge is 0.376 e. The van der Waals surface area contributed by atoms with Gasteiger partial charge in [0.05, 0.1) is 4.88 Å². The number of hydrogen-bond acceptors (Lipinski definition) is 5. The van der Waals surface area contributed by atoms with Crippen molar-refractivity contribution in [3.63, 3.8) is 0 Å². The highest BCUT2D eigenvalue weighted by atomic mass is 32.2. The normalized spacial score (nSPS) is 12.7. The Kier molecular flexibility index (Phi) is 4.66. The van der Waals surface area contributed by atoms with Crippen LogP contribution in [0, 0.1) is 0 Å². The summed E-state index contributed by atoms with van der Waals surface area (Å²) in [5, 5.41) is 0. The van der Waals surface area contributed by atoms with Crippen molar-refractivity contribution in [2.75, 3.05) is 13.7 Å². The summed E-state index contributed by atoms with van der Waals surface area (Å²) in [7, 11) is -2.15. The van der Waals surface area contributed by atoms with Crippen molar-refractivity contribution in [2.45, 2.75) is 30.5 Å². The van der Waals surface area contributed by atoms with Crippen LogP contribution in [-0.2, 0) is 14.8 Å². The van der Waals surface area contributed by atoms with E-state index in [4.69, 9.17) is 4.74 Å². The number of hydrogen-bond donors (Lipinski definition) is 1. The van der Waals surface area contributed by atoms with Gasteiger partial charge in [0.1, 0.15) is 10.8 Å². The average molecular weight is 291 g/mol. The lowest BCUT2D eigenvalue weighted by Crippen LogP contribution is -2.40. The van der Waals surface area contributed by atoms with Crippen molar-refractivity contribution in [3.8, 4) is 0 Å². The van der Waals surface area contributed by atoms with Gasteiger partial charge in [-0.1, -0.05) is 0 Å². The standard InChI is InChI=1S/C11H17NO4S2/c1-11(2,3)12-18(14,15)10-6-5-9(17-10)8(13)7-16-4/h5-6,12H,7H2,1-4H3. The van der Waals surface area contributed by atoms with Crippen molar-refractivity contribution >= 4 is 27.1 Å². The number of thiophene rings is 1. The fraction of sp³-hybridized carbons (Fsp3) is 0.545. The van der Waals surface area contributed by atoms with Crippen molar-refractivity contribution in [1.29, 1.82) is 0 Å². The highest BCUT2D eigenvalue weighted by Crippen LogP contribution is 2.23. The minimum atomic E-state index is -3.57. The summed E-state index contributed by atoms with van der Waals surface area (Å²) in [5.74, 6) is -0.222. The first-order valence-electron chi connectivity index (χ1n) is 5.32. The molecule has 0 aliphatic heterocycles. The molecule has 0 bridgehead atoms. The Balaban J connectivity index is 2.95. The fourth-order valence-electron chi connectivity index (χ4n) is 1.27. The molecule has 0 unspecified atom stereocenters. The Hall–Kier alpha value is -0.760. The molecule has 5 nitrogen and oxygen atoms in total. The molecule has 18 heavy (non-hydrogen) atoms. The number of ketones is 1. The summed E-state index contributed by atoms with van der Waals surface area (Å²) in [6, 6.07) is 2.94. The van der Waals surface area contributed by atoms with Crippen molar-refractivity contribution in [3.05, 3.63) is 17.0 Å². The summed E-state index contributed by atoms with van der Waals surface area (Å²) in [6.45, 7) is 5.23. The molecule has 1 heterocycles. The topological polar surface area (TPSA) is 72.5 Å². The number of rotatable bonds is 5. The molecule has 1 N–H and O–H groups in total. The molecule has 1 rings (SSSR count). The van der Waals surface area contributed by atoms with Crippen LogP contribution in [-0.4, -0.2) is 33.5 Å². The second-order valence-electron chi connectivity index (χ2n) is 4.83. The van der Waals surface area contributed by atoms with E-state index >= 15 is 0 Å². The summed E-state index contributed by atoms with van der Waals surface area (Å²) in [5.41, 5.74) is -0.556. The van der Waals surface area contributed by atoms with Crippen LogP contribution in [0.25, 0.3) is 0 Å². The van der Waals surface area contributed by atoms with Crippen molar-refractivity contribution < 1.29 is 17.9 Å². The van der Waals surface area contributed by atoms with Gasteiger partial charge in [0.15, 0.2) is 5.78 Å². The second kappa shape index (κ2) is 5.48. The third kappa shape index (κ3) is 4.16. The lowest BCUT2D eigenvalue weighted by Gasteiger charge is -2.19. The molecule has 0 aromatic carbocycles. The highest BCUT2D eigenvalue weighted by molar-refractivity contribution is 7.91. The van der Waals surface area contributed by atoms with Crippen LogP contribution in [0.5, 0.6) is 0 Å². The smallest absolute Gasteiger partial charge is 0.250 e. The molecular formula is C11H17NO4S2. The average Bonchev–Trinajstić information content (AvgIpc) is 2.63. The Bertz CT molecular complexity index is 525. The zero-order valence-corrected chi connectivity index (χ0v) is 12.4. The van der Waals surface area contributed by atoms with Gasteiger partial charge < -0.3 is 4.74 Å². The van der Waals surface area contributed by atoms with Crippen molar-refractivity contribution in [1.82, 2.24) is 4.72 Å². The molecule has 102 valence electrons. The first kappa shape index (κ1) is 15.3. The van der Waals surface area contributed by atoms with Gasteiger partial charge in [-0.15, -0.1) is 11.3 Å². The van der Waals surface area contributed by atoms with E-state index in [1.54, 1.807) is 20.8 Å². The number of Topliss-reactive ketones (excluding diaryl/α,β-unsaturated/α-hetero) is 1. The third-order valence-electron chi connectivity index (χ3n) is 1.84. The Morgan fingerprint density at radius 1 is 1.39 bits per heavy atom. The molecule has 1 aromatic heterocycles. The summed E-state index contributed by atoms with van der Waals surface area (Å²) in [6.07, 6.45) is 0. The molecule has 0 aliphatic carbocycles. The molecular weight excluding hydrogens is 274 g/mol. The Morgan fingerprint density at radius 2 is 2.00 bits per heavy atom. The van der Waals surface area contributed by atoms with Gasteiger partial charge in [-0.3, -0.25) is 4.79 Å². The van der Waals surface area contributed by atoms with Crippen LogP contribution in [0.2, 0.25) is 0 Å². The lowest BCUT2D eigenvalue weighted by atomic mass is 10.1. The van der Waals surface area contributed by atoms with Gasteiger partial charge in [0, 0.05) is 12.6 Å². The van der Waals surface area contributed by atoms with E-state index in [2.05, 4.69) is 4.72 Å². The van der Waals surface area contributed by atoms with Gasteiger partial charge in [-0.25, -0.2) is 13.1 Å². The number of methoxy groups -OCH3 is 1. The molecule has 0 aliphatic rings. The van der Waals surface area contributed by atoms with Crippen LogP contribution in [0.3, 0.4) is 0 Å². The number of carbonyl (C=O) groups is 1. The van der Waals surface area contributed by atoms with Crippen LogP contribution in [0.4, 0.5) is 0 Å². The molecule has 7 heteroatoms. The maximum Gasteiger partial charge on any atom is 0.250 e. The number of sulfonamides is 1. The molecule has 0 saturated carbocycles. The third-order valence-corrected chi connectivity index (χ3v) is 5.21. The number of ether oxygens (including phenoxy) is 1. The van der Waals surface area contributed by atoms with E-state index in [0.717, 1.165) is 11.3 Å². The predicted octanol–water partition coefficient (Wildman–Crippen LogP) is 1.65. The second-order valence-corrected chi connectivity index (χ2v) is 7.82. The Labute approximate surface area is 111 Å².